The molecule has 0 aliphatic rings. The number of rotatable bonds is 6. The van der Waals surface area contributed by atoms with Crippen LogP contribution in [0.1, 0.15) is 22.7 Å². The predicted octanol–water partition coefficient (Wildman–Crippen LogP) is 2.14. The second-order valence-corrected chi connectivity index (χ2v) is 5.22. The molecule has 0 bridgehead atoms. The molecular weight excluding hydrogens is 258 g/mol. The minimum atomic E-state index is 0.0868. The summed E-state index contributed by atoms with van der Waals surface area (Å²) in [5.74, 6) is 0.0868. The highest BCUT2D eigenvalue weighted by molar-refractivity contribution is 7.09. The number of nitrogens with zero attached hydrogens (tertiary/aromatic N) is 2. The lowest BCUT2D eigenvalue weighted by molar-refractivity contribution is -0.121. The van der Waals surface area contributed by atoms with Gasteiger partial charge in [-0.1, -0.05) is 6.07 Å². The van der Waals surface area contributed by atoms with Gasteiger partial charge in [-0.3, -0.25) is 9.78 Å². The number of thiazole rings is 1. The third-order valence-electron chi connectivity index (χ3n) is 2.85. The molecule has 1 amide bonds. The van der Waals surface area contributed by atoms with E-state index in [0.717, 1.165) is 24.2 Å². The van der Waals surface area contributed by atoms with E-state index >= 15 is 0 Å². The molecule has 19 heavy (non-hydrogen) atoms. The van der Waals surface area contributed by atoms with Crippen LogP contribution in [0.3, 0.4) is 0 Å². The number of hydrogen-bond acceptors (Lipinski definition) is 4. The number of carbonyl (C=O) groups is 1. The van der Waals surface area contributed by atoms with E-state index in [9.17, 15) is 4.79 Å². The van der Waals surface area contributed by atoms with Gasteiger partial charge in [0.25, 0.3) is 0 Å². The molecular formula is C14H17N3OS. The number of aryl methyl sites for hydroxylation is 2. The van der Waals surface area contributed by atoms with Gasteiger partial charge in [0.05, 0.1) is 11.2 Å². The minimum absolute atomic E-state index is 0.0868. The summed E-state index contributed by atoms with van der Waals surface area (Å²) in [5.41, 5.74) is 3.86. The smallest absolute Gasteiger partial charge is 0.220 e. The van der Waals surface area contributed by atoms with Crippen molar-refractivity contribution >= 4 is 17.2 Å². The molecule has 0 spiro atoms. The Labute approximate surface area is 116 Å². The molecule has 100 valence electrons. The molecule has 0 saturated carbocycles. The highest BCUT2D eigenvalue weighted by Gasteiger charge is 2.05. The monoisotopic (exact) mass is 275 g/mol. The number of pyridine rings is 1. The summed E-state index contributed by atoms with van der Waals surface area (Å²) >= 11 is 1.61. The molecule has 0 fully saturated rings. The predicted molar refractivity (Wildman–Crippen MR) is 76.1 cm³/mol. The van der Waals surface area contributed by atoms with E-state index < -0.39 is 0 Å². The van der Waals surface area contributed by atoms with Crippen molar-refractivity contribution in [2.75, 3.05) is 6.54 Å². The van der Waals surface area contributed by atoms with Crippen LogP contribution in [0.4, 0.5) is 0 Å². The molecule has 0 atom stereocenters. The first-order chi connectivity index (χ1) is 9.25. The molecule has 2 heterocycles. The second kappa shape index (κ2) is 6.99. The van der Waals surface area contributed by atoms with Crippen LogP contribution >= 0.6 is 11.3 Å². The van der Waals surface area contributed by atoms with Gasteiger partial charge in [-0.05, 0) is 25.5 Å². The molecule has 2 aromatic heterocycles. The van der Waals surface area contributed by atoms with Crippen molar-refractivity contribution in [3.8, 4) is 0 Å². The molecule has 2 aromatic rings. The van der Waals surface area contributed by atoms with Gasteiger partial charge in [-0.15, -0.1) is 11.3 Å². The van der Waals surface area contributed by atoms with Gasteiger partial charge < -0.3 is 5.32 Å². The second-order valence-electron chi connectivity index (χ2n) is 4.28. The largest absolute Gasteiger partial charge is 0.356 e. The zero-order valence-corrected chi connectivity index (χ0v) is 11.7. The average molecular weight is 275 g/mol. The van der Waals surface area contributed by atoms with Crippen LogP contribution in [0.25, 0.3) is 0 Å². The van der Waals surface area contributed by atoms with Gasteiger partial charge >= 0.3 is 0 Å². The summed E-state index contributed by atoms with van der Waals surface area (Å²) in [4.78, 5) is 21.3. The van der Waals surface area contributed by atoms with Gasteiger partial charge in [-0.2, -0.15) is 0 Å². The molecule has 0 aliphatic heterocycles. The first kappa shape index (κ1) is 13.7. The Bertz CT molecular complexity index is 524. The Hall–Kier alpha value is -1.75. The van der Waals surface area contributed by atoms with Crippen molar-refractivity contribution in [3.63, 3.8) is 0 Å². The zero-order chi connectivity index (χ0) is 13.5. The number of nitrogens with one attached hydrogen (secondary N) is 1. The van der Waals surface area contributed by atoms with E-state index in [2.05, 4.69) is 15.3 Å². The Kier molecular flexibility index (Phi) is 5.03. The SMILES string of the molecule is Cc1ncsc1CCC(=O)NCCc1ccccn1. The van der Waals surface area contributed by atoms with Gasteiger partial charge in [-0.25, -0.2) is 4.98 Å². The molecule has 0 saturated heterocycles. The fourth-order valence-electron chi connectivity index (χ4n) is 1.76. The third kappa shape index (κ3) is 4.44. The lowest BCUT2D eigenvalue weighted by atomic mass is 10.2. The molecule has 0 radical (unpaired) electrons. The maximum Gasteiger partial charge on any atom is 0.220 e. The summed E-state index contributed by atoms with van der Waals surface area (Å²) in [6, 6.07) is 5.81. The fraction of sp³-hybridized carbons (Fsp3) is 0.357. The Balaban J connectivity index is 1.66. The van der Waals surface area contributed by atoms with E-state index in [-0.39, 0.29) is 5.91 Å². The van der Waals surface area contributed by atoms with Crippen molar-refractivity contribution in [3.05, 3.63) is 46.2 Å². The molecule has 4 nitrogen and oxygen atoms in total. The summed E-state index contributed by atoms with van der Waals surface area (Å²) in [7, 11) is 0. The fourth-order valence-corrected chi connectivity index (χ4v) is 2.54. The topological polar surface area (TPSA) is 54.9 Å². The first-order valence-electron chi connectivity index (χ1n) is 6.31. The maximum atomic E-state index is 11.7. The average Bonchev–Trinajstić information content (AvgIpc) is 2.83. The van der Waals surface area contributed by atoms with Crippen LogP contribution in [0.5, 0.6) is 0 Å². The summed E-state index contributed by atoms with van der Waals surface area (Å²) < 4.78 is 0. The molecule has 0 aliphatic carbocycles. The molecule has 0 aromatic carbocycles. The van der Waals surface area contributed by atoms with Gasteiger partial charge in [0.15, 0.2) is 0 Å². The molecule has 0 unspecified atom stereocenters. The molecule has 1 N–H and O–H groups in total. The van der Waals surface area contributed by atoms with E-state index in [1.54, 1.807) is 17.5 Å². The number of hydrogen-bond donors (Lipinski definition) is 1. The standard InChI is InChI=1S/C14H17N3OS/c1-11-13(19-10-17-11)5-6-14(18)16-9-7-12-4-2-3-8-15-12/h2-4,8,10H,5-7,9H2,1H3,(H,16,18). The van der Waals surface area contributed by atoms with Crippen molar-refractivity contribution in [2.45, 2.75) is 26.2 Å². The van der Waals surface area contributed by atoms with Gasteiger partial charge in [0.2, 0.25) is 5.91 Å². The normalized spacial score (nSPS) is 10.4. The van der Waals surface area contributed by atoms with Crippen LogP contribution < -0.4 is 5.32 Å². The van der Waals surface area contributed by atoms with Crippen molar-refractivity contribution in [2.24, 2.45) is 0 Å². The van der Waals surface area contributed by atoms with Crippen molar-refractivity contribution in [1.29, 1.82) is 0 Å². The number of aromatic nitrogens is 2. The van der Waals surface area contributed by atoms with Crippen LogP contribution in [0, 0.1) is 6.92 Å². The third-order valence-corrected chi connectivity index (χ3v) is 3.85. The maximum absolute atomic E-state index is 11.7. The highest BCUT2D eigenvalue weighted by atomic mass is 32.1. The van der Waals surface area contributed by atoms with Crippen LogP contribution in [0.15, 0.2) is 29.9 Å². The van der Waals surface area contributed by atoms with Crippen molar-refractivity contribution < 1.29 is 4.79 Å². The van der Waals surface area contributed by atoms with E-state index in [1.807, 2.05) is 30.6 Å². The lowest BCUT2D eigenvalue weighted by Gasteiger charge is -2.04. The first-order valence-corrected chi connectivity index (χ1v) is 7.19. The number of carbonyl (C=O) groups excluding carboxylic acids is 1. The molecule has 2 rings (SSSR count). The zero-order valence-electron chi connectivity index (χ0n) is 10.9. The van der Waals surface area contributed by atoms with Gasteiger partial charge in [0.1, 0.15) is 0 Å². The van der Waals surface area contributed by atoms with E-state index in [0.29, 0.717) is 13.0 Å². The van der Waals surface area contributed by atoms with Crippen LogP contribution in [-0.4, -0.2) is 22.4 Å². The quantitative estimate of drug-likeness (QED) is 0.878. The summed E-state index contributed by atoms with van der Waals surface area (Å²) in [6.45, 7) is 2.61. The number of amides is 1. The van der Waals surface area contributed by atoms with Crippen molar-refractivity contribution in [1.82, 2.24) is 15.3 Å². The van der Waals surface area contributed by atoms with E-state index in [4.69, 9.17) is 0 Å². The van der Waals surface area contributed by atoms with Gasteiger partial charge in [0, 0.05) is 36.2 Å². The van der Waals surface area contributed by atoms with E-state index in [1.165, 1.54) is 4.88 Å². The van der Waals surface area contributed by atoms with Crippen LogP contribution in [-0.2, 0) is 17.6 Å². The summed E-state index contributed by atoms with van der Waals surface area (Å²) in [6.07, 6.45) is 3.83. The highest BCUT2D eigenvalue weighted by Crippen LogP contribution is 2.13. The Morgan fingerprint density at radius 1 is 1.32 bits per heavy atom. The minimum Gasteiger partial charge on any atom is -0.356 e. The Morgan fingerprint density at radius 3 is 2.89 bits per heavy atom. The lowest BCUT2D eigenvalue weighted by Crippen LogP contribution is -2.26. The Morgan fingerprint density at radius 2 is 2.21 bits per heavy atom. The summed E-state index contributed by atoms with van der Waals surface area (Å²) in [5, 5.41) is 2.92. The van der Waals surface area contributed by atoms with Crippen LogP contribution in [0.2, 0.25) is 0 Å². The molecule has 5 heteroatoms.